The molecule has 1 atom stereocenters. The average Bonchev–Trinajstić information content (AvgIpc) is 2.91. The highest BCUT2D eigenvalue weighted by atomic mass is 16.5. The summed E-state index contributed by atoms with van der Waals surface area (Å²) in [6.07, 6.45) is 2.10. The van der Waals surface area contributed by atoms with Gasteiger partial charge in [-0.2, -0.15) is 0 Å². The lowest BCUT2D eigenvalue weighted by Gasteiger charge is -2.24. The predicted molar refractivity (Wildman–Crippen MR) is 86.8 cm³/mol. The van der Waals surface area contributed by atoms with Crippen molar-refractivity contribution in [3.05, 3.63) is 65.9 Å². The van der Waals surface area contributed by atoms with Crippen LogP contribution in [0.15, 0.2) is 54.7 Å². The lowest BCUT2D eigenvalue weighted by molar-refractivity contribution is 0.344. The smallest absolute Gasteiger partial charge is 0.119 e. The zero-order chi connectivity index (χ0) is 14.8. The second-order valence-corrected chi connectivity index (χ2v) is 5.43. The number of fused-ring (bicyclic) bond motifs is 1. The van der Waals surface area contributed by atoms with Crippen LogP contribution in [0.2, 0.25) is 0 Å². The third kappa shape index (κ3) is 2.52. The van der Waals surface area contributed by atoms with Crippen LogP contribution in [0, 0.1) is 0 Å². The van der Waals surface area contributed by atoms with Crippen LogP contribution in [0.5, 0.6) is 5.75 Å². The molecule has 0 bridgehead atoms. The van der Waals surface area contributed by atoms with Crippen LogP contribution in [0.25, 0.3) is 10.9 Å². The molecule has 3 nitrogen and oxygen atoms in total. The second kappa shape index (κ2) is 5.62. The van der Waals surface area contributed by atoms with Crippen LogP contribution < -0.4 is 4.74 Å². The van der Waals surface area contributed by atoms with E-state index in [-0.39, 0.29) is 6.04 Å². The fourth-order valence-electron chi connectivity index (χ4n) is 2.87. The Kier molecular flexibility index (Phi) is 3.67. The number of aromatic amines is 1. The number of rotatable bonds is 4. The maximum atomic E-state index is 5.37. The molecule has 0 fully saturated rings. The van der Waals surface area contributed by atoms with Gasteiger partial charge in [-0.05, 0) is 43.4 Å². The van der Waals surface area contributed by atoms with Gasteiger partial charge in [0.2, 0.25) is 0 Å². The van der Waals surface area contributed by atoms with Gasteiger partial charge in [-0.1, -0.05) is 30.3 Å². The summed E-state index contributed by atoms with van der Waals surface area (Å²) in [5.41, 5.74) is 3.68. The summed E-state index contributed by atoms with van der Waals surface area (Å²) in [6.45, 7) is 0. The van der Waals surface area contributed by atoms with Crippen LogP contribution in [0.1, 0.15) is 17.2 Å². The molecule has 108 valence electrons. The SMILES string of the molecule is COc1ccc2[nH]cc(C(c3ccccc3)N(C)C)c2c1. The highest BCUT2D eigenvalue weighted by molar-refractivity contribution is 5.85. The molecule has 3 rings (SSSR count). The first-order valence-electron chi connectivity index (χ1n) is 7.07. The molecular weight excluding hydrogens is 260 g/mol. The molecule has 0 aliphatic rings. The monoisotopic (exact) mass is 280 g/mol. The van der Waals surface area contributed by atoms with Crippen molar-refractivity contribution in [2.75, 3.05) is 21.2 Å². The van der Waals surface area contributed by atoms with Gasteiger partial charge in [-0.25, -0.2) is 0 Å². The molecule has 0 aliphatic carbocycles. The van der Waals surface area contributed by atoms with E-state index in [1.807, 2.05) is 6.07 Å². The molecule has 0 saturated heterocycles. The number of hydrogen-bond donors (Lipinski definition) is 1. The first-order valence-corrected chi connectivity index (χ1v) is 7.07. The lowest BCUT2D eigenvalue weighted by Crippen LogP contribution is -2.20. The molecule has 1 N–H and O–H groups in total. The molecular formula is C18H20N2O. The lowest BCUT2D eigenvalue weighted by atomic mass is 9.97. The summed E-state index contributed by atoms with van der Waals surface area (Å²) >= 11 is 0. The minimum absolute atomic E-state index is 0.215. The van der Waals surface area contributed by atoms with Crippen molar-refractivity contribution >= 4 is 10.9 Å². The van der Waals surface area contributed by atoms with Gasteiger partial charge in [0.1, 0.15) is 5.75 Å². The van der Waals surface area contributed by atoms with E-state index in [4.69, 9.17) is 4.74 Å². The van der Waals surface area contributed by atoms with E-state index in [9.17, 15) is 0 Å². The van der Waals surface area contributed by atoms with Crippen LogP contribution in [-0.2, 0) is 0 Å². The fraction of sp³-hybridized carbons (Fsp3) is 0.222. The normalized spacial score (nSPS) is 12.8. The van der Waals surface area contributed by atoms with Gasteiger partial charge >= 0.3 is 0 Å². The van der Waals surface area contributed by atoms with E-state index < -0.39 is 0 Å². The zero-order valence-corrected chi connectivity index (χ0v) is 12.6. The second-order valence-electron chi connectivity index (χ2n) is 5.43. The molecule has 1 heterocycles. The number of H-pyrrole nitrogens is 1. The van der Waals surface area contributed by atoms with Crippen molar-refractivity contribution in [1.29, 1.82) is 0 Å². The Hall–Kier alpha value is -2.26. The van der Waals surface area contributed by atoms with Crippen molar-refractivity contribution in [2.24, 2.45) is 0 Å². The van der Waals surface area contributed by atoms with Gasteiger partial charge in [0.05, 0.1) is 13.2 Å². The Morgan fingerprint density at radius 1 is 1.05 bits per heavy atom. The van der Waals surface area contributed by atoms with E-state index in [0.29, 0.717) is 0 Å². The fourth-order valence-corrected chi connectivity index (χ4v) is 2.87. The number of nitrogens with zero attached hydrogens (tertiary/aromatic N) is 1. The van der Waals surface area contributed by atoms with E-state index in [1.54, 1.807) is 7.11 Å². The zero-order valence-electron chi connectivity index (χ0n) is 12.6. The Morgan fingerprint density at radius 2 is 1.81 bits per heavy atom. The molecule has 2 aromatic carbocycles. The van der Waals surface area contributed by atoms with Crippen LogP contribution in [-0.4, -0.2) is 31.1 Å². The van der Waals surface area contributed by atoms with Crippen molar-refractivity contribution in [3.63, 3.8) is 0 Å². The minimum atomic E-state index is 0.215. The van der Waals surface area contributed by atoms with Crippen molar-refractivity contribution in [3.8, 4) is 5.75 Å². The molecule has 1 unspecified atom stereocenters. The topological polar surface area (TPSA) is 28.3 Å². The number of ether oxygens (including phenoxy) is 1. The molecule has 0 saturated carbocycles. The average molecular weight is 280 g/mol. The van der Waals surface area contributed by atoms with Gasteiger partial charge < -0.3 is 9.72 Å². The quantitative estimate of drug-likeness (QED) is 0.786. The molecule has 0 amide bonds. The van der Waals surface area contributed by atoms with Gasteiger partial charge in [0.25, 0.3) is 0 Å². The molecule has 0 spiro atoms. The van der Waals surface area contributed by atoms with Gasteiger partial charge in [-0.15, -0.1) is 0 Å². The van der Waals surface area contributed by atoms with Gasteiger partial charge in [0.15, 0.2) is 0 Å². The Labute approximate surface area is 125 Å². The van der Waals surface area contributed by atoms with Crippen molar-refractivity contribution in [2.45, 2.75) is 6.04 Å². The summed E-state index contributed by atoms with van der Waals surface area (Å²) in [4.78, 5) is 5.60. The molecule has 0 radical (unpaired) electrons. The van der Waals surface area contributed by atoms with E-state index in [1.165, 1.54) is 16.5 Å². The Balaban J connectivity index is 2.16. The predicted octanol–water partition coefficient (Wildman–Crippen LogP) is 3.83. The minimum Gasteiger partial charge on any atom is -0.497 e. The number of aromatic nitrogens is 1. The van der Waals surface area contributed by atoms with E-state index >= 15 is 0 Å². The summed E-state index contributed by atoms with van der Waals surface area (Å²) in [6, 6.07) is 16.9. The van der Waals surface area contributed by atoms with Crippen LogP contribution in [0.3, 0.4) is 0 Å². The number of methoxy groups -OCH3 is 1. The highest BCUT2D eigenvalue weighted by Crippen LogP contribution is 2.33. The highest BCUT2D eigenvalue weighted by Gasteiger charge is 2.20. The first-order chi connectivity index (χ1) is 10.2. The standard InChI is InChI=1S/C18H20N2O/c1-20(2)18(13-7-5-4-6-8-13)16-12-19-17-10-9-14(21-3)11-15(16)17/h4-12,18-19H,1-3H3. The number of benzene rings is 2. The molecule has 1 aromatic heterocycles. The van der Waals surface area contributed by atoms with E-state index in [0.717, 1.165) is 11.3 Å². The Bertz CT molecular complexity index is 731. The van der Waals surface area contributed by atoms with Crippen molar-refractivity contribution in [1.82, 2.24) is 9.88 Å². The molecule has 3 aromatic rings. The summed E-state index contributed by atoms with van der Waals surface area (Å²) in [7, 11) is 5.92. The summed E-state index contributed by atoms with van der Waals surface area (Å²) < 4.78 is 5.37. The van der Waals surface area contributed by atoms with Gasteiger partial charge in [0, 0.05) is 17.1 Å². The molecule has 3 heteroatoms. The van der Waals surface area contributed by atoms with Crippen LogP contribution in [0.4, 0.5) is 0 Å². The third-order valence-corrected chi connectivity index (χ3v) is 3.85. The number of nitrogens with one attached hydrogen (secondary N) is 1. The van der Waals surface area contributed by atoms with Crippen molar-refractivity contribution < 1.29 is 4.74 Å². The first kappa shape index (κ1) is 13.7. The largest absolute Gasteiger partial charge is 0.497 e. The molecule has 0 aliphatic heterocycles. The maximum Gasteiger partial charge on any atom is 0.119 e. The summed E-state index contributed by atoms with van der Waals surface area (Å²) in [5.74, 6) is 0.883. The number of hydrogen-bond acceptors (Lipinski definition) is 2. The van der Waals surface area contributed by atoms with E-state index in [2.05, 4.69) is 72.6 Å². The third-order valence-electron chi connectivity index (χ3n) is 3.85. The van der Waals surface area contributed by atoms with Gasteiger partial charge in [-0.3, -0.25) is 4.90 Å². The summed E-state index contributed by atoms with van der Waals surface area (Å²) in [5, 5.41) is 1.21. The molecule has 21 heavy (non-hydrogen) atoms. The Morgan fingerprint density at radius 3 is 2.48 bits per heavy atom. The maximum absolute atomic E-state index is 5.37. The van der Waals surface area contributed by atoms with Crippen LogP contribution >= 0.6 is 0 Å².